The summed E-state index contributed by atoms with van der Waals surface area (Å²) in [5.74, 6) is 5.48. The van der Waals surface area contributed by atoms with E-state index in [0.29, 0.717) is 5.69 Å². The zero-order chi connectivity index (χ0) is 9.26. The zero-order valence-electron chi connectivity index (χ0n) is 7.17. The fourth-order valence-electron chi connectivity index (χ4n) is 1.63. The van der Waals surface area contributed by atoms with Crippen molar-refractivity contribution in [1.29, 1.82) is 0 Å². The van der Waals surface area contributed by atoms with Gasteiger partial charge in [0.25, 0.3) is 5.91 Å². The Balaban J connectivity index is 2.36. The molecule has 0 unspecified atom stereocenters. The standard InChI is InChI=1S/C8H11N3O2/c9-10-8(12)7-5-3-1-2-4-6(5)13-11-7/h1-4,9H2,(H,10,12). The predicted molar refractivity (Wildman–Crippen MR) is 44.8 cm³/mol. The summed E-state index contributed by atoms with van der Waals surface area (Å²) in [6.07, 6.45) is 3.92. The van der Waals surface area contributed by atoms with Crippen LogP contribution >= 0.6 is 0 Å². The second-order valence-electron chi connectivity index (χ2n) is 3.11. The van der Waals surface area contributed by atoms with Crippen molar-refractivity contribution in [2.45, 2.75) is 25.7 Å². The monoisotopic (exact) mass is 181 g/mol. The lowest BCUT2D eigenvalue weighted by molar-refractivity contribution is 0.0944. The van der Waals surface area contributed by atoms with Crippen molar-refractivity contribution < 1.29 is 9.32 Å². The van der Waals surface area contributed by atoms with Gasteiger partial charge in [0.15, 0.2) is 5.69 Å². The first-order valence-corrected chi connectivity index (χ1v) is 4.31. The molecule has 0 aromatic carbocycles. The summed E-state index contributed by atoms with van der Waals surface area (Å²) in [6.45, 7) is 0. The maximum absolute atomic E-state index is 11.2. The smallest absolute Gasteiger partial charge is 0.287 e. The number of hydrogen-bond donors (Lipinski definition) is 2. The molecule has 3 N–H and O–H groups in total. The highest BCUT2D eigenvalue weighted by Crippen LogP contribution is 2.23. The average Bonchev–Trinajstić information content (AvgIpc) is 2.60. The zero-order valence-corrected chi connectivity index (χ0v) is 7.17. The number of hydrogen-bond acceptors (Lipinski definition) is 4. The number of nitrogens with one attached hydrogen (secondary N) is 1. The van der Waals surface area contributed by atoms with E-state index in [1.54, 1.807) is 0 Å². The highest BCUT2D eigenvalue weighted by Gasteiger charge is 2.23. The molecule has 0 aliphatic heterocycles. The van der Waals surface area contributed by atoms with E-state index in [2.05, 4.69) is 10.6 Å². The number of hydrazine groups is 1. The maximum atomic E-state index is 11.2. The van der Waals surface area contributed by atoms with E-state index in [-0.39, 0.29) is 5.91 Å². The first kappa shape index (κ1) is 8.25. The van der Waals surface area contributed by atoms with Crippen molar-refractivity contribution in [3.05, 3.63) is 17.0 Å². The maximum Gasteiger partial charge on any atom is 0.287 e. The number of rotatable bonds is 1. The van der Waals surface area contributed by atoms with E-state index in [9.17, 15) is 4.79 Å². The molecule has 1 heterocycles. The number of carbonyl (C=O) groups is 1. The molecular weight excluding hydrogens is 170 g/mol. The van der Waals surface area contributed by atoms with E-state index >= 15 is 0 Å². The van der Waals surface area contributed by atoms with Crippen LogP contribution in [0, 0.1) is 0 Å². The fraction of sp³-hybridized carbons (Fsp3) is 0.500. The van der Waals surface area contributed by atoms with Gasteiger partial charge in [0.2, 0.25) is 0 Å². The first-order valence-electron chi connectivity index (χ1n) is 4.31. The molecule has 1 aliphatic carbocycles. The van der Waals surface area contributed by atoms with Crippen LogP contribution in [0.1, 0.15) is 34.7 Å². The number of nitrogen functional groups attached to an aromatic ring is 1. The van der Waals surface area contributed by atoms with Gasteiger partial charge in [0.1, 0.15) is 5.76 Å². The Morgan fingerprint density at radius 1 is 1.46 bits per heavy atom. The van der Waals surface area contributed by atoms with Crippen LogP contribution in [0.2, 0.25) is 0 Å². The molecule has 0 atom stereocenters. The minimum Gasteiger partial charge on any atom is -0.360 e. The molecule has 1 aliphatic rings. The summed E-state index contributed by atoms with van der Waals surface area (Å²) in [5, 5.41) is 3.70. The van der Waals surface area contributed by atoms with Crippen LogP contribution in [-0.4, -0.2) is 11.1 Å². The first-order chi connectivity index (χ1) is 6.33. The van der Waals surface area contributed by atoms with Gasteiger partial charge < -0.3 is 4.52 Å². The largest absolute Gasteiger partial charge is 0.360 e. The van der Waals surface area contributed by atoms with Crippen molar-refractivity contribution in [1.82, 2.24) is 10.6 Å². The lowest BCUT2D eigenvalue weighted by Gasteiger charge is -2.07. The Labute approximate surface area is 75.2 Å². The van der Waals surface area contributed by atoms with Crippen LogP contribution in [0.3, 0.4) is 0 Å². The summed E-state index contributed by atoms with van der Waals surface area (Å²) in [6, 6.07) is 0. The van der Waals surface area contributed by atoms with Gasteiger partial charge in [0.05, 0.1) is 0 Å². The van der Waals surface area contributed by atoms with Crippen LogP contribution < -0.4 is 11.3 Å². The van der Waals surface area contributed by atoms with E-state index < -0.39 is 0 Å². The summed E-state index contributed by atoms with van der Waals surface area (Å²) in [5.41, 5.74) is 3.33. The fourth-order valence-corrected chi connectivity index (χ4v) is 1.63. The Bertz CT molecular complexity index is 332. The Hall–Kier alpha value is -1.36. The molecule has 1 aromatic heterocycles. The van der Waals surface area contributed by atoms with Crippen molar-refractivity contribution in [2.75, 3.05) is 0 Å². The summed E-state index contributed by atoms with van der Waals surface area (Å²) >= 11 is 0. The molecule has 70 valence electrons. The van der Waals surface area contributed by atoms with E-state index in [4.69, 9.17) is 10.4 Å². The Morgan fingerprint density at radius 2 is 2.23 bits per heavy atom. The predicted octanol–water partition coefficient (Wildman–Crippen LogP) is 0.157. The topological polar surface area (TPSA) is 81.1 Å². The van der Waals surface area contributed by atoms with Gasteiger partial charge in [-0.2, -0.15) is 0 Å². The highest BCUT2D eigenvalue weighted by atomic mass is 16.5. The number of aromatic nitrogens is 1. The van der Waals surface area contributed by atoms with Crippen LogP contribution in [0.15, 0.2) is 4.52 Å². The van der Waals surface area contributed by atoms with Gasteiger partial charge in [-0.3, -0.25) is 10.2 Å². The van der Waals surface area contributed by atoms with Crippen LogP contribution in [-0.2, 0) is 12.8 Å². The van der Waals surface area contributed by atoms with Gasteiger partial charge in [-0.15, -0.1) is 0 Å². The molecule has 0 saturated heterocycles. The quantitative estimate of drug-likeness (QED) is 0.367. The van der Waals surface area contributed by atoms with Gasteiger partial charge in [-0.05, 0) is 19.3 Å². The number of nitrogens with zero attached hydrogens (tertiary/aromatic N) is 1. The number of nitrogens with two attached hydrogens (primary N) is 1. The Kier molecular flexibility index (Phi) is 2.02. The van der Waals surface area contributed by atoms with Gasteiger partial charge in [0, 0.05) is 12.0 Å². The third-order valence-corrected chi connectivity index (χ3v) is 2.30. The molecule has 0 radical (unpaired) electrons. The van der Waals surface area contributed by atoms with Crippen LogP contribution in [0.5, 0.6) is 0 Å². The number of amides is 1. The molecule has 0 spiro atoms. The van der Waals surface area contributed by atoms with Crippen LogP contribution in [0.4, 0.5) is 0 Å². The lowest BCUT2D eigenvalue weighted by Crippen LogP contribution is -2.31. The number of aryl methyl sites for hydroxylation is 1. The summed E-state index contributed by atoms with van der Waals surface area (Å²) in [4.78, 5) is 11.2. The summed E-state index contributed by atoms with van der Waals surface area (Å²) < 4.78 is 5.04. The number of carbonyl (C=O) groups excluding carboxylic acids is 1. The SMILES string of the molecule is NNC(=O)c1noc2c1CCCC2. The number of fused-ring (bicyclic) bond motifs is 1. The van der Waals surface area contributed by atoms with Gasteiger partial charge in [-0.25, -0.2) is 5.84 Å². The second-order valence-corrected chi connectivity index (χ2v) is 3.11. The minimum atomic E-state index is -0.369. The van der Waals surface area contributed by atoms with Crippen molar-refractivity contribution in [2.24, 2.45) is 5.84 Å². The average molecular weight is 181 g/mol. The molecule has 0 saturated carbocycles. The molecule has 1 amide bonds. The molecule has 5 nitrogen and oxygen atoms in total. The third kappa shape index (κ3) is 1.31. The minimum absolute atomic E-state index is 0.345. The molecule has 0 fully saturated rings. The van der Waals surface area contributed by atoms with E-state index in [0.717, 1.165) is 37.0 Å². The molecule has 1 aromatic rings. The van der Waals surface area contributed by atoms with Crippen molar-refractivity contribution in [3.63, 3.8) is 0 Å². The molecule has 5 heteroatoms. The molecule has 2 rings (SSSR count). The Morgan fingerprint density at radius 3 is 3.00 bits per heavy atom. The third-order valence-electron chi connectivity index (χ3n) is 2.30. The van der Waals surface area contributed by atoms with Gasteiger partial charge in [-0.1, -0.05) is 5.16 Å². The summed E-state index contributed by atoms with van der Waals surface area (Å²) in [7, 11) is 0. The molecule has 13 heavy (non-hydrogen) atoms. The lowest BCUT2D eigenvalue weighted by atomic mass is 9.96. The van der Waals surface area contributed by atoms with Gasteiger partial charge >= 0.3 is 0 Å². The molecular formula is C8H11N3O2. The second kappa shape index (κ2) is 3.18. The van der Waals surface area contributed by atoms with Crippen LogP contribution in [0.25, 0.3) is 0 Å². The van der Waals surface area contributed by atoms with E-state index in [1.165, 1.54) is 0 Å². The molecule has 0 bridgehead atoms. The normalized spacial score (nSPS) is 15.2. The van der Waals surface area contributed by atoms with E-state index in [1.807, 2.05) is 0 Å². The van der Waals surface area contributed by atoms with Crippen molar-refractivity contribution in [3.8, 4) is 0 Å². The highest BCUT2D eigenvalue weighted by molar-refractivity contribution is 5.93. The van der Waals surface area contributed by atoms with Crippen molar-refractivity contribution >= 4 is 5.91 Å².